The van der Waals surface area contributed by atoms with Gasteiger partial charge in [-0.2, -0.15) is 0 Å². The van der Waals surface area contributed by atoms with E-state index in [0.29, 0.717) is 19.8 Å². The summed E-state index contributed by atoms with van der Waals surface area (Å²) in [7, 11) is 0. The van der Waals surface area contributed by atoms with Gasteiger partial charge in [-0.15, -0.1) is 10.2 Å². The van der Waals surface area contributed by atoms with Crippen LogP contribution in [0.3, 0.4) is 0 Å². The predicted molar refractivity (Wildman–Crippen MR) is 87.6 cm³/mol. The number of ether oxygens (including phenoxy) is 1. The van der Waals surface area contributed by atoms with Gasteiger partial charge in [-0.3, -0.25) is 9.56 Å². The van der Waals surface area contributed by atoms with Crippen LogP contribution >= 0.6 is 0 Å². The van der Waals surface area contributed by atoms with Gasteiger partial charge in [0.1, 0.15) is 6.61 Å². The molecule has 1 aliphatic rings. The van der Waals surface area contributed by atoms with Crippen molar-refractivity contribution in [2.75, 3.05) is 0 Å². The van der Waals surface area contributed by atoms with E-state index in [-0.39, 0.29) is 0 Å². The largest absolute Gasteiger partial charge is 0.369 e. The lowest BCUT2D eigenvalue weighted by atomic mass is 10.2. The van der Waals surface area contributed by atoms with E-state index in [1.807, 2.05) is 59.3 Å². The third-order valence-corrected chi connectivity index (χ3v) is 3.78. The summed E-state index contributed by atoms with van der Waals surface area (Å²) in [6.07, 6.45) is 1.89. The molecule has 0 aliphatic carbocycles. The highest BCUT2D eigenvalue weighted by atomic mass is 16.5. The summed E-state index contributed by atoms with van der Waals surface area (Å²) in [5, 5.41) is 8.54. The molecule has 5 nitrogen and oxygen atoms in total. The van der Waals surface area contributed by atoms with Gasteiger partial charge in [-0.1, -0.05) is 48.5 Å². The summed E-state index contributed by atoms with van der Waals surface area (Å²) in [5.74, 6) is 1.64. The van der Waals surface area contributed by atoms with Crippen LogP contribution in [0.5, 0.6) is 0 Å². The van der Waals surface area contributed by atoms with Crippen LogP contribution in [-0.4, -0.2) is 21.0 Å². The number of rotatable bonds is 4. The number of aliphatic imine (C=N–C) groups is 1. The molecule has 2 heterocycles. The summed E-state index contributed by atoms with van der Waals surface area (Å²) in [4.78, 5) is 4.41. The second-order valence-electron chi connectivity index (χ2n) is 5.37. The van der Waals surface area contributed by atoms with Crippen LogP contribution in [0, 0.1) is 0 Å². The van der Waals surface area contributed by atoms with E-state index < -0.39 is 0 Å². The zero-order chi connectivity index (χ0) is 15.5. The highest BCUT2D eigenvalue weighted by molar-refractivity contribution is 5.85. The third kappa shape index (κ3) is 2.78. The van der Waals surface area contributed by atoms with Crippen molar-refractivity contribution in [2.24, 2.45) is 4.99 Å². The lowest BCUT2D eigenvalue weighted by molar-refractivity contribution is 0.100. The Kier molecular flexibility index (Phi) is 3.70. The molecule has 0 bridgehead atoms. The zero-order valence-electron chi connectivity index (χ0n) is 12.6. The molecule has 0 unspecified atom stereocenters. The maximum absolute atomic E-state index is 5.82. The smallest absolute Gasteiger partial charge is 0.163 e. The number of para-hydroxylation sites is 1. The third-order valence-electron chi connectivity index (χ3n) is 3.78. The molecule has 0 fully saturated rings. The Hall–Kier alpha value is -2.79. The van der Waals surface area contributed by atoms with Gasteiger partial charge >= 0.3 is 0 Å². The number of aromatic nitrogens is 3. The second kappa shape index (κ2) is 6.14. The number of hydrogen-bond donors (Lipinski definition) is 0. The lowest BCUT2D eigenvalue weighted by Crippen LogP contribution is -2.07. The molecule has 0 amide bonds. The summed E-state index contributed by atoms with van der Waals surface area (Å²) in [6.45, 7) is 1.50. The van der Waals surface area contributed by atoms with Crippen molar-refractivity contribution in [1.29, 1.82) is 0 Å². The van der Waals surface area contributed by atoms with Crippen molar-refractivity contribution in [3.63, 3.8) is 0 Å². The Balaban J connectivity index is 1.58. The van der Waals surface area contributed by atoms with Gasteiger partial charge in [0.05, 0.1) is 18.8 Å². The van der Waals surface area contributed by atoms with Crippen LogP contribution in [0.15, 0.2) is 59.6 Å². The second-order valence-corrected chi connectivity index (χ2v) is 5.37. The van der Waals surface area contributed by atoms with Crippen LogP contribution in [0.25, 0.3) is 5.69 Å². The first-order valence-electron chi connectivity index (χ1n) is 7.56. The molecule has 0 N–H and O–H groups in total. The van der Waals surface area contributed by atoms with E-state index in [2.05, 4.69) is 21.3 Å². The van der Waals surface area contributed by atoms with Gasteiger partial charge in [-0.25, -0.2) is 0 Å². The highest BCUT2D eigenvalue weighted by Crippen LogP contribution is 2.20. The first-order valence-corrected chi connectivity index (χ1v) is 7.56. The van der Waals surface area contributed by atoms with Crippen LogP contribution < -0.4 is 0 Å². The van der Waals surface area contributed by atoms with Crippen molar-refractivity contribution in [2.45, 2.75) is 19.8 Å². The van der Waals surface area contributed by atoms with E-state index in [1.165, 1.54) is 0 Å². The monoisotopic (exact) mass is 304 g/mol. The molecule has 0 saturated heterocycles. The Bertz CT molecular complexity index is 839. The maximum Gasteiger partial charge on any atom is 0.163 e. The summed E-state index contributed by atoms with van der Waals surface area (Å²) >= 11 is 0. The molecule has 2 aromatic carbocycles. The normalized spacial score (nSPS) is 12.5. The molecule has 0 radical (unpaired) electrons. The average molecular weight is 304 g/mol. The van der Waals surface area contributed by atoms with Crippen LogP contribution in [0.4, 0.5) is 0 Å². The van der Waals surface area contributed by atoms with Crippen LogP contribution in [0.2, 0.25) is 0 Å². The quantitative estimate of drug-likeness (QED) is 0.744. The summed E-state index contributed by atoms with van der Waals surface area (Å²) in [6, 6.07) is 18.2. The number of benzene rings is 2. The predicted octanol–water partition coefficient (Wildman–Crippen LogP) is 2.92. The van der Waals surface area contributed by atoms with Gasteiger partial charge in [0.2, 0.25) is 0 Å². The van der Waals surface area contributed by atoms with Gasteiger partial charge < -0.3 is 4.74 Å². The standard InChI is InChI=1S/C18H16N4O/c1-2-6-14(7-3-1)12-23-13-18-21-20-17-11-19-10-15-8-4-5-9-16(15)22(17)18/h1-10H,11-13H2. The molecule has 0 atom stereocenters. The molecule has 0 saturated carbocycles. The average Bonchev–Trinajstić information content (AvgIpc) is 2.89. The van der Waals surface area contributed by atoms with E-state index >= 15 is 0 Å². The fraction of sp³-hybridized carbons (Fsp3) is 0.167. The minimum absolute atomic E-state index is 0.413. The molecule has 5 heteroatoms. The molecule has 0 spiro atoms. The topological polar surface area (TPSA) is 52.3 Å². The molecule has 4 rings (SSSR count). The van der Waals surface area contributed by atoms with Crippen LogP contribution in [0.1, 0.15) is 22.8 Å². The molecule has 23 heavy (non-hydrogen) atoms. The highest BCUT2D eigenvalue weighted by Gasteiger charge is 2.17. The molecular weight excluding hydrogens is 288 g/mol. The molecule has 3 aromatic rings. The number of hydrogen-bond acceptors (Lipinski definition) is 4. The summed E-state index contributed by atoms with van der Waals surface area (Å²) < 4.78 is 7.87. The van der Waals surface area contributed by atoms with Crippen molar-refractivity contribution >= 4 is 6.21 Å². The van der Waals surface area contributed by atoms with Crippen molar-refractivity contribution in [3.05, 3.63) is 77.4 Å². The van der Waals surface area contributed by atoms with Gasteiger partial charge in [-0.05, 0) is 11.6 Å². The van der Waals surface area contributed by atoms with Gasteiger partial charge in [0, 0.05) is 11.8 Å². The van der Waals surface area contributed by atoms with E-state index in [4.69, 9.17) is 4.74 Å². The van der Waals surface area contributed by atoms with Crippen molar-refractivity contribution in [1.82, 2.24) is 14.8 Å². The molecular formula is C18H16N4O. The Morgan fingerprint density at radius 2 is 1.74 bits per heavy atom. The van der Waals surface area contributed by atoms with E-state index in [0.717, 1.165) is 28.5 Å². The molecule has 114 valence electrons. The number of fused-ring (bicyclic) bond motifs is 3. The fourth-order valence-corrected chi connectivity index (χ4v) is 2.69. The first-order chi connectivity index (χ1) is 11.4. The van der Waals surface area contributed by atoms with E-state index in [1.54, 1.807) is 0 Å². The lowest BCUT2D eigenvalue weighted by Gasteiger charge is -2.10. The van der Waals surface area contributed by atoms with Crippen molar-refractivity contribution in [3.8, 4) is 5.69 Å². The van der Waals surface area contributed by atoms with E-state index in [9.17, 15) is 0 Å². The minimum Gasteiger partial charge on any atom is -0.369 e. The van der Waals surface area contributed by atoms with Gasteiger partial charge in [0.25, 0.3) is 0 Å². The molecule has 1 aromatic heterocycles. The Morgan fingerprint density at radius 1 is 0.913 bits per heavy atom. The fourth-order valence-electron chi connectivity index (χ4n) is 2.69. The summed E-state index contributed by atoms with van der Waals surface area (Å²) in [5.41, 5.74) is 3.26. The first kappa shape index (κ1) is 13.8. The Morgan fingerprint density at radius 3 is 2.65 bits per heavy atom. The Labute approximate surface area is 134 Å². The minimum atomic E-state index is 0.413. The maximum atomic E-state index is 5.82. The SMILES string of the molecule is C1=NCc2nnc(COCc3ccccc3)n2-c2ccccc21. The van der Waals surface area contributed by atoms with Gasteiger partial charge in [0.15, 0.2) is 11.6 Å². The number of nitrogens with zero attached hydrogens (tertiary/aromatic N) is 4. The molecule has 1 aliphatic heterocycles. The zero-order valence-corrected chi connectivity index (χ0v) is 12.6. The van der Waals surface area contributed by atoms with Crippen LogP contribution in [-0.2, 0) is 24.5 Å². The van der Waals surface area contributed by atoms with Crippen molar-refractivity contribution < 1.29 is 4.74 Å².